The quantitative estimate of drug-likeness (QED) is 0.513. The predicted octanol–water partition coefficient (Wildman–Crippen LogP) is 2.04. The molecule has 1 aliphatic rings. The second-order valence-corrected chi connectivity index (χ2v) is 4.56. The molecule has 1 aliphatic heterocycles. The maximum absolute atomic E-state index is 10.5. The smallest absolute Gasteiger partial charge is 0.269 e. The van der Waals surface area contributed by atoms with Gasteiger partial charge in [-0.1, -0.05) is 12.2 Å². The summed E-state index contributed by atoms with van der Waals surface area (Å²) < 4.78 is 5.48. The molecule has 0 bridgehead atoms. The summed E-state index contributed by atoms with van der Waals surface area (Å²) in [6, 6.07) is 6.22. The molecule has 2 rings (SSSR count). The molecule has 0 unspecified atom stereocenters. The van der Waals surface area contributed by atoms with Crippen molar-refractivity contribution in [3.63, 3.8) is 0 Å². The lowest BCUT2D eigenvalue weighted by atomic mass is 10.2. The predicted molar refractivity (Wildman–Crippen MR) is 71.8 cm³/mol. The standard InChI is InChI=1S/C12H14N2O3S/c15-14(16)10-5-3-9(4-6-10)12(18)13-8-11-2-1-7-17-11/h3-6,11H,1-2,7-8H2,(H,13,18)/t11-/m1/s1. The first-order chi connectivity index (χ1) is 8.66. The average Bonchev–Trinajstić information content (AvgIpc) is 2.89. The third-order valence-electron chi connectivity index (χ3n) is 2.85. The molecule has 96 valence electrons. The Labute approximate surface area is 110 Å². The maximum atomic E-state index is 10.5. The van der Waals surface area contributed by atoms with E-state index >= 15 is 0 Å². The van der Waals surface area contributed by atoms with Crippen LogP contribution >= 0.6 is 12.2 Å². The Bertz CT molecular complexity index is 441. The monoisotopic (exact) mass is 266 g/mol. The van der Waals surface area contributed by atoms with Gasteiger partial charge in [-0.3, -0.25) is 10.1 Å². The van der Waals surface area contributed by atoms with Crippen LogP contribution in [0.3, 0.4) is 0 Å². The largest absolute Gasteiger partial charge is 0.376 e. The van der Waals surface area contributed by atoms with E-state index < -0.39 is 4.92 Å². The number of hydrogen-bond donors (Lipinski definition) is 1. The van der Waals surface area contributed by atoms with Gasteiger partial charge < -0.3 is 10.1 Å². The van der Waals surface area contributed by atoms with Crippen LogP contribution in [-0.4, -0.2) is 29.2 Å². The number of rotatable bonds is 4. The van der Waals surface area contributed by atoms with Crippen LogP contribution in [0.25, 0.3) is 0 Å². The lowest BCUT2D eigenvalue weighted by Crippen LogP contribution is -2.31. The van der Waals surface area contributed by atoms with Crippen LogP contribution in [0.4, 0.5) is 5.69 Å². The average molecular weight is 266 g/mol. The summed E-state index contributed by atoms with van der Waals surface area (Å²) in [4.78, 5) is 10.7. The number of nitrogens with zero attached hydrogens (tertiary/aromatic N) is 1. The van der Waals surface area contributed by atoms with Crippen LogP contribution in [0, 0.1) is 10.1 Å². The van der Waals surface area contributed by atoms with Gasteiger partial charge in [-0.15, -0.1) is 0 Å². The Morgan fingerprint density at radius 3 is 2.78 bits per heavy atom. The van der Waals surface area contributed by atoms with Gasteiger partial charge in [0.15, 0.2) is 0 Å². The number of non-ortho nitro benzene ring substituents is 1. The molecule has 0 aromatic heterocycles. The van der Waals surface area contributed by atoms with E-state index in [1.807, 2.05) is 0 Å². The highest BCUT2D eigenvalue weighted by molar-refractivity contribution is 7.80. The van der Waals surface area contributed by atoms with Crippen molar-refractivity contribution >= 4 is 22.9 Å². The van der Waals surface area contributed by atoms with Gasteiger partial charge in [0.05, 0.1) is 11.0 Å². The van der Waals surface area contributed by atoms with Gasteiger partial charge in [-0.2, -0.15) is 0 Å². The van der Waals surface area contributed by atoms with Crippen molar-refractivity contribution in [2.24, 2.45) is 0 Å². The Kier molecular flexibility index (Phi) is 4.22. The summed E-state index contributed by atoms with van der Waals surface area (Å²) >= 11 is 5.23. The van der Waals surface area contributed by atoms with Gasteiger partial charge in [-0.05, 0) is 25.0 Å². The van der Waals surface area contributed by atoms with Crippen molar-refractivity contribution in [2.75, 3.05) is 13.2 Å². The number of ether oxygens (including phenoxy) is 1. The molecule has 0 amide bonds. The van der Waals surface area contributed by atoms with Gasteiger partial charge in [-0.25, -0.2) is 0 Å². The molecule has 5 nitrogen and oxygen atoms in total. The fourth-order valence-electron chi connectivity index (χ4n) is 1.85. The normalized spacial score (nSPS) is 18.6. The van der Waals surface area contributed by atoms with Crippen molar-refractivity contribution in [1.82, 2.24) is 5.32 Å². The van der Waals surface area contributed by atoms with Crippen LogP contribution in [0.5, 0.6) is 0 Å². The molecular formula is C12H14N2O3S. The highest BCUT2D eigenvalue weighted by Gasteiger charge is 2.15. The van der Waals surface area contributed by atoms with Crippen LogP contribution in [0.15, 0.2) is 24.3 Å². The molecule has 0 saturated carbocycles. The fraction of sp³-hybridized carbons (Fsp3) is 0.417. The highest BCUT2D eigenvalue weighted by Crippen LogP contribution is 2.13. The Morgan fingerprint density at radius 2 is 2.22 bits per heavy atom. The van der Waals surface area contributed by atoms with Crippen LogP contribution < -0.4 is 5.32 Å². The lowest BCUT2D eigenvalue weighted by Gasteiger charge is -2.12. The van der Waals surface area contributed by atoms with Crippen LogP contribution in [0.1, 0.15) is 18.4 Å². The van der Waals surface area contributed by atoms with Gasteiger partial charge >= 0.3 is 0 Å². The molecule has 0 spiro atoms. The Hall–Kier alpha value is -1.53. The second kappa shape index (κ2) is 5.88. The first-order valence-corrected chi connectivity index (χ1v) is 6.22. The lowest BCUT2D eigenvalue weighted by molar-refractivity contribution is -0.384. The van der Waals surface area contributed by atoms with Crippen molar-refractivity contribution in [2.45, 2.75) is 18.9 Å². The van der Waals surface area contributed by atoms with E-state index in [1.165, 1.54) is 12.1 Å². The highest BCUT2D eigenvalue weighted by atomic mass is 32.1. The Morgan fingerprint density at radius 1 is 1.50 bits per heavy atom. The molecule has 1 saturated heterocycles. The number of hydrogen-bond acceptors (Lipinski definition) is 4. The molecule has 0 radical (unpaired) electrons. The maximum Gasteiger partial charge on any atom is 0.269 e. The van der Waals surface area contributed by atoms with E-state index in [4.69, 9.17) is 17.0 Å². The zero-order valence-electron chi connectivity index (χ0n) is 9.80. The van der Waals surface area contributed by atoms with E-state index in [1.54, 1.807) is 12.1 Å². The topological polar surface area (TPSA) is 64.4 Å². The molecular weight excluding hydrogens is 252 g/mol. The fourth-order valence-corrected chi connectivity index (χ4v) is 2.07. The van der Waals surface area contributed by atoms with E-state index in [9.17, 15) is 10.1 Å². The molecule has 1 atom stereocenters. The second-order valence-electron chi connectivity index (χ2n) is 4.15. The molecule has 1 N–H and O–H groups in total. The first kappa shape index (κ1) is 12.9. The minimum absolute atomic E-state index is 0.0701. The molecule has 1 heterocycles. The van der Waals surface area contributed by atoms with E-state index in [0.717, 1.165) is 25.0 Å². The SMILES string of the molecule is O=[N+]([O-])c1ccc(C(=S)NC[C@H]2CCCO2)cc1. The molecule has 1 aromatic rings. The minimum Gasteiger partial charge on any atom is -0.376 e. The number of nitro benzene ring substituents is 1. The molecule has 18 heavy (non-hydrogen) atoms. The van der Waals surface area contributed by atoms with Crippen LogP contribution in [0.2, 0.25) is 0 Å². The minimum atomic E-state index is -0.424. The van der Waals surface area contributed by atoms with Crippen molar-refractivity contribution < 1.29 is 9.66 Å². The first-order valence-electron chi connectivity index (χ1n) is 5.81. The van der Waals surface area contributed by atoms with Gasteiger partial charge in [0, 0.05) is 30.8 Å². The van der Waals surface area contributed by atoms with E-state index in [2.05, 4.69) is 5.32 Å². The zero-order valence-corrected chi connectivity index (χ0v) is 10.6. The van der Waals surface area contributed by atoms with E-state index in [0.29, 0.717) is 11.5 Å². The molecule has 1 fully saturated rings. The van der Waals surface area contributed by atoms with Gasteiger partial charge in [0.2, 0.25) is 0 Å². The van der Waals surface area contributed by atoms with Gasteiger partial charge in [0.1, 0.15) is 4.99 Å². The van der Waals surface area contributed by atoms with Crippen molar-refractivity contribution in [3.05, 3.63) is 39.9 Å². The Balaban J connectivity index is 1.89. The summed E-state index contributed by atoms with van der Waals surface area (Å²) in [7, 11) is 0. The summed E-state index contributed by atoms with van der Waals surface area (Å²) in [5, 5.41) is 13.6. The summed E-state index contributed by atoms with van der Waals surface area (Å²) in [5.74, 6) is 0. The molecule has 6 heteroatoms. The van der Waals surface area contributed by atoms with E-state index in [-0.39, 0.29) is 11.8 Å². The summed E-state index contributed by atoms with van der Waals surface area (Å²) in [6.45, 7) is 1.51. The zero-order chi connectivity index (χ0) is 13.0. The summed E-state index contributed by atoms with van der Waals surface area (Å²) in [6.07, 6.45) is 2.37. The van der Waals surface area contributed by atoms with Crippen molar-refractivity contribution in [1.29, 1.82) is 0 Å². The molecule has 0 aliphatic carbocycles. The van der Waals surface area contributed by atoms with Crippen LogP contribution in [-0.2, 0) is 4.74 Å². The number of benzene rings is 1. The van der Waals surface area contributed by atoms with Crippen molar-refractivity contribution in [3.8, 4) is 0 Å². The number of nitro groups is 1. The summed E-state index contributed by atoms with van der Waals surface area (Å²) in [5.41, 5.74) is 0.856. The third-order valence-corrected chi connectivity index (χ3v) is 3.23. The number of thiocarbonyl (C=S) groups is 1. The van der Waals surface area contributed by atoms with Gasteiger partial charge in [0.25, 0.3) is 5.69 Å². The number of nitrogens with one attached hydrogen (secondary N) is 1. The third kappa shape index (κ3) is 3.24. The molecule has 1 aromatic carbocycles.